The maximum atomic E-state index is 8.71. The number of rotatable bonds is 5. The van der Waals surface area contributed by atoms with Gasteiger partial charge in [0.25, 0.3) is 0 Å². The molecule has 0 radical (unpaired) electrons. The van der Waals surface area contributed by atoms with Crippen LogP contribution in [0.15, 0.2) is 36.7 Å². The van der Waals surface area contributed by atoms with Gasteiger partial charge in [-0.05, 0) is 30.5 Å². The second-order valence-corrected chi connectivity index (χ2v) is 4.05. The molecule has 0 amide bonds. The number of hydrogen-bond donors (Lipinski definition) is 2. The van der Waals surface area contributed by atoms with Gasteiger partial charge in [-0.2, -0.15) is 5.10 Å². The van der Waals surface area contributed by atoms with Crippen LogP contribution in [0.1, 0.15) is 12.8 Å². The smallest absolute Gasteiger partial charge is 0.0568 e. The van der Waals surface area contributed by atoms with Crippen LogP contribution in [0.5, 0.6) is 0 Å². The third-order valence-corrected chi connectivity index (χ3v) is 2.65. The van der Waals surface area contributed by atoms with Crippen LogP contribution in [-0.2, 0) is 6.54 Å². The minimum absolute atomic E-state index is 0.239. The summed E-state index contributed by atoms with van der Waals surface area (Å²) in [6.45, 7) is 1.08. The molecule has 0 unspecified atom stereocenters. The molecule has 0 aliphatic heterocycles. The first-order chi connectivity index (χ1) is 8.29. The normalized spacial score (nSPS) is 10.6. The number of nitrogens with two attached hydrogens (primary N) is 1. The third-order valence-electron chi connectivity index (χ3n) is 2.65. The lowest BCUT2D eigenvalue weighted by atomic mass is 10.1. The number of aromatic nitrogens is 2. The number of benzene rings is 1. The van der Waals surface area contributed by atoms with Crippen LogP contribution in [0.25, 0.3) is 11.1 Å². The average Bonchev–Trinajstić information content (AvgIpc) is 2.78. The van der Waals surface area contributed by atoms with Gasteiger partial charge in [-0.1, -0.05) is 12.1 Å². The topological polar surface area (TPSA) is 64.1 Å². The van der Waals surface area contributed by atoms with E-state index in [0.29, 0.717) is 0 Å². The number of nitrogen functional groups attached to an aromatic ring is 1. The van der Waals surface area contributed by atoms with Crippen molar-refractivity contribution in [2.24, 2.45) is 0 Å². The Bertz CT molecular complexity index is 479. The highest BCUT2D eigenvalue weighted by molar-refractivity contribution is 5.65. The van der Waals surface area contributed by atoms with E-state index in [2.05, 4.69) is 5.10 Å². The molecule has 2 rings (SSSR count). The Labute approximate surface area is 101 Å². The van der Waals surface area contributed by atoms with E-state index >= 15 is 0 Å². The highest BCUT2D eigenvalue weighted by Gasteiger charge is 2.01. The lowest BCUT2D eigenvalue weighted by Gasteiger charge is -2.00. The predicted molar refractivity (Wildman–Crippen MR) is 68.4 cm³/mol. The van der Waals surface area contributed by atoms with Crippen molar-refractivity contribution in [2.75, 3.05) is 12.3 Å². The van der Waals surface area contributed by atoms with E-state index < -0.39 is 0 Å². The first kappa shape index (κ1) is 11.7. The molecular weight excluding hydrogens is 214 g/mol. The SMILES string of the molecule is Nc1cccc(-c2cnn(CCCCO)c2)c1. The second-order valence-electron chi connectivity index (χ2n) is 4.05. The van der Waals surface area contributed by atoms with Crippen molar-refractivity contribution in [2.45, 2.75) is 19.4 Å². The highest BCUT2D eigenvalue weighted by atomic mass is 16.2. The zero-order valence-electron chi connectivity index (χ0n) is 9.71. The molecule has 4 nitrogen and oxygen atoms in total. The van der Waals surface area contributed by atoms with Gasteiger partial charge in [-0.25, -0.2) is 0 Å². The number of aliphatic hydroxyl groups is 1. The van der Waals surface area contributed by atoms with Crippen molar-refractivity contribution in [1.82, 2.24) is 9.78 Å². The van der Waals surface area contributed by atoms with Crippen molar-refractivity contribution in [1.29, 1.82) is 0 Å². The van der Waals surface area contributed by atoms with Crippen LogP contribution < -0.4 is 5.73 Å². The molecule has 0 fully saturated rings. The van der Waals surface area contributed by atoms with Crippen molar-refractivity contribution >= 4 is 5.69 Å². The van der Waals surface area contributed by atoms with Crippen molar-refractivity contribution < 1.29 is 5.11 Å². The standard InChI is InChI=1S/C13H17N3O/c14-13-5-3-4-11(8-13)12-9-15-16(10-12)6-1-2-7-17/h3-5,8-10,17H,1-2,6-7,14H2. The molecular formula is C13H17N3O. The first-order valence-electron chi connectivity index (χ1n) is 5.79. The molecule has 1 aromatic carbocycles. The fraction of sp³-hybridized carbons (Fsp3) is 0.308. The van der Waals surface area contributed by atoms with Gasteiger partial charge >= 0.3 is 0 Å². The zero-order chi connectivity index (χ0) is 12.1. The van der Waals surface area contributed by atoms with Gasteiger partial charge in [0.1, 0.15) is 0 Å². The van der Waals surface area contributed by atoms with Crippen molar-refractivity contribution in [3.63, 3.8) is 0 Å². The fourth-order valence-corrected chi connectivity index (χ4v) is 1.74. The first-order valence-corrected chi connectivity index (χ1v) is 5.79. The maximum absolute atomic E-state index is 8.71. The van der Waals surface area contributed by atoms with Crippen molar-refractivity contribution in [3.8, 4) is 11.1 Å². The maximum Gasteiger partial charge on any atom is 0.0568 e. The number of aryl methyl sites for hydroxylation is 1. The highest BCUT2D eigenvalue weighted by Crippen LogP contribution is 2.20. The van der Waals surface area contributed by atoms with Gasteiger partial charge in [0.05, 0.1) is 6.20 Å². The van der Waals surface area contributed by atoms with Gasteiger partial charge < -0.3 is 10.8 Å². The molecule has 17 heavy (non-hydrogen) atoms. The summed E-state index contributed by atoms with van der Waals surface area (Å²) >= 11 is 0. The molecule has 0 bridgehead atoms. The third kappa shape index (κ3) is 3.07. The molecule has 0 aliphatic rings. The van der Waals surface area contributed by atoms with Crippen LogP contribution in [0.2, 0.25) is 0 Å². The minimum atomic E-state index is 0.239. The molecule has 0 spiro atoms. The van der Waals surface area contributed by atoms with Gasteiger partial charge in [-0.3, -0.25) is 4.68 Å². The Kier molecular flexibility index (Phi) is 3.77. The summed E-state index contributed by atoms with van der Waals surface area (Å²) in [4.78, 5) is 0. The molecule has 1 aromatic heterocycles. The Morgan fingerprint density at radius 3 is 2.88 bits per heavy atom. The van der Waals surface area contributed by atoms with Crippen molar-refractivity contribution in [3.05, 3.63) is 36.7 Å². The van der Waals surface area contributed by atoms with E-state index in [1.165, 1.54) is 0 Å². The van der Waals surface area contributed by atoms with E-state index in [1.807, 2.05) is 41.3 Å². The van der Waals surface area contributed by atoms with E-state index in [1.54, 1.807) is 0 Å². The molecule has 0 saturated carbocycles. The van der Waals surface area contributed by atoms with E-state index in [0.717, 1.165) is 36.2 Å². The van der Waals surface area contributed by atoms with Crippen LogP contribution in [-0.4, -0.2) is 21.5 Å². The summed E-state index contributed by atoms with van der Waals surface area (Å²) in [5, 5.41) is 13.0. The molecule has 0 saturated heterocycles. The molecule has 3 N–H and O–H groups in total. The lowest BCUT2D eigenvalue weighted by Crippen LogP contribution is -1.98. The molecule has 0 atom stereocenters. The van der Waals surface area contributed by atoms with Crippen LogP contribution >= 0.6 is 0 Å². The Morgan fingerprint density at radius 2 is 2.12 bits per heavy atom. The molecule has 1 heterocycles. The van der Waals surface area contributed by atoms with E-state index in [9.17, 15) is 0 Å². The number of hydrogen-bond acceptors (Lipinski definition) is 3. The predicted octanol–water partition coefficient (Wildman–Crippen LogP) is 1.90. The lowest BCUT2D eigenvalue weighted by molar-refractivity contribution is 0.280. The average molecular weight is 231 g/mol. The number of anilines is 1. The summed E-state index contributed by atoms with van der Waals surface area (Å²) in [5.74, 6) is 0. The Hall–Kier alpha value is -1.81. The summed E-state index contributed by atoms with van der Waals surface area (Å²) < 4.78 is 1.90. The molecule has 2 aromatic rings. The Balaban J connectivity index is 2.07. The molecule has 0 aliphatic carbocycles. The van der Waals surface area contributed by atoms with Crippen LogP contribution in [0, 0.1) is 0 Å². The van der Waals surface area contributed by atoms with Crippen LogP contribution in [0.3, 0.4) is 0 Å². The Morgan fingerprint density at radius 1 is 1.24 bits per heavy atom. The summed E-state index contributed by atoms with van der Waals surface area (Å²) in [6.07, 6.45) is 5.60. The monoisotopic (exact) mass is 231 g/mol. The quantitative estimate of drug-likeness (QED) is 0.610. The van der Waals surface area contributed by atoms with Crippen LogP contribution in [0.4, 0.5) is 5.69 Å². The molecule has 4 heteroatoms. The molecule has 90 valence electrons. The van der Waals surface area contributed by atoms with Gasteiger partial charge in [0.15, 0.2) is 0 Å². The summed E-state index contributed by atoms with van der Waals surface area (Å²) in [5.41, 5.74) is 8.66. The fourth-order valence-electron chi connectivity index (χ4n) is 1.74. The summed E-state index contributed by atoms with van der Waals surface area (Å²) in [7, 11) is 0. The largest absolute Gasteiger partial charge is 0.399 e. The van der Waals surface area contributed by atoms with E-state index in [4.69, 9.17) is 10.8 Å². The van der Waals surface area contributed by atoms with Gasteiger partial charge in [0.2, 0.25) is 0 Å². The zero-order valence-corrected chi connectivity index (χ0v) is 9.71. The van der Waals surface area contributed by atoms with Gasteiger partial charge in [0, 0.05) is 30.6 Å². The number of nitrogens with zero attached hydrogens (tertiary/aromatic N) is 2. The number of aliphatic hydroxyl groups excluding tert-OH is 1. The van der Waals surface area contributed by atoms with E-state index in [-0.39, 0.29) is 6.61 Å². The minimum Gasteiger partial charge on any atom is -0.399 e. The van der Waals surface area contributed by atoms with Gasteiger partial charge in [-0.15, -0.1) is 0 Å². The second kappa shape index (κ2) is 5.50. The summed E-state index contributed by atoms with van der Waals surface area (Å²) in [6, 6.07) is 7.77. The number of unbranched alkanes of at least 4 members (excludes halogenated alkanes) is 1.